The predicted octanol–water partition coefficient (Wildman–Crippen LogP) is 2.94. The van der Waals surface area contributed by atoms with E-state index in [0.29, 0.717) is 18.7 Å². The molecule has 0 radical (unpaired) electrons. The van der Waals surface area contributed by atoms with Crippen molar-refractivity contribution in [3.63, 3.8) is 0 Å². The maximum atomic E-state index is 12.0. The molecule has 0 aliphatic rings. The van der Waals surface area contributed by atoms with E-state index in [4.69, 9.17) is 10.5 Å². The average Bonchev–Trinajstić information content (AvgIpc) is 2.59. The van der Waals surface area contributed by atoms with E-state index in [9.17, 15) is 4.79 Å². The standard InChI is InChI=1S/C18H22N2O2.ClH/c1-22-17-10-6-14(7-11-17)3-2-12-20-18(21)16-8-4-15(13-19)5-9-16;/h4-11H,2-3,12-13,19H2,1H3,(H,20,21);1H. The molecule has 1 amide bonds. The summed E-state index contributed by atoms with van der Waals surface area (Å²) in [4.78, 5) is 12.0. The summed E-state index contributed by atoms with van der Waals surface area (Å²) in [5, 5.41) is 2.93. The Morgan fingerprint density at radius 1 is 1.04 bits per heavy atom. The van der Waals surface area contributed by atoms with Gasteiger partial charge in [0, 0.05) is 18.7 Å². The Balaban J connectivity index is 0.00000264. The largest absolute Gasteiger partial charge is 0.497 e. The van der Waals surface area contributed by atoms with Crippen LogP contribution in [-0.2, 0) is 13.0 Å². The fourth-order valence-electron chi connectivity index (χ4n) is 2.18. The minimum absolute atomic E-state index is 0. The molecule has 3 N–H and O–H groups in total. The van der Waals surface area contributed by atoms with E-state index in [1.165, 1.54) is 5.56 Å². The zero-order chi connectivity index (χ0) is 15.8. The molecule has 0 fully saturated rings. The highest BCUT2D eigenvalue weighted by molar-refractivity contribution is 5.94. The smallest absolute Gasteiger partial charge is 0.251 e. The summed E-state index contributed by atoms with van der Waals surface area (Å²) in [7, 11) is 1.66. The molecule has 2 rings (SSSR count). The van der Waals surface area contributed by atoms with Gasteiger partial charge in [0.15, 0.2) is 0 Å². The molecule has 0 saturated heterocycles. The van der Waals surface area contributed by atoms with Crippen LogP contribution < -0.4 is 15.8 Å². The van der Waals surface area contributed by atoms with Gasteiger partial charge in [-0.05, 0) is 48.2 Å². The Morgan fingerprint density at radius 2 is 1.65 bits per heavy atom. The second kappa shape index (κ2) is 9.87. The first-order valence-corrected chi connectivity index (χ1v) is 7.43. The molecule has 0 unspecified atom stereocenters. The molecule has 124 valence electrons. The summed E-state index contributed by atoms with van der Waals surface area (Å²) in [6.45, 7) is 1.15. The number of amides is 1. The van der Waals surface area contributed by atoms with Crippen LogP contribution in [0.1, 0.15) is 27.9 Å². The fraction of sp³-hybridized carbons (Fsp3) is 0.278. The number of hydrogen-bond donors (Lipinski definition) is 2. The molecule has 2 aromatic rings. The second-order valence-corrected chi connectivity index (χ2v) is 5.11. The first kappa shape index (κ1) is 19.0. The molecule has 0 aliphatic carbocycles. The Labute approximate surface area is 143 Å². The molecule has 23 heavy (non-hydrogen) atoms. The number of aryl methyl sites for hydroxylation is 1. The van der Waals surface area contributed by atoms with Crippen LogP contribution in [0.15, 0.2) is 48.5 Å². The minimum atomic E-state index is -0.0432. The zero-order valence-corrected chi connectivity index (χ0v) is 14.1. The SMILES string of the molecule is COc1ccc(CCCNC(=O)c2ccc(CN)cc2)cc1.Cl. The number of nitrogens with one attached hydrogen (secondary N) is 1. The molecule has 0 heterocycles. The summed E-state index contributed by atoms with van der Waals surface area (Å²) in [5.41, 5.74) is 8.47. The van der Waals surface area contributed by atoms with E-state index in [2.05, 4.69) is 5.32 Å². The summed E-state index contributed by atoms with van der Waals surface area (Å²) in [6.07, 6.45) is 1.83. The van der Waals surface area contributed by atoms with Gasteiger partial charge < -0.3 is 15.8 Å². The van der Waals surface area contributed by atoms with Crippen molar-refractivity contribution in [1.29, 1.82) is 0 Å². The molecule has 5 heteroatoms. The number of methoxy groups -OCH3 is 1. The van der Waals surface area contributed by atoms with Crippen molar-refractivity contribution in [1.82, 2.24) is 5.32 Å². The van der Waals surface area contributed by atoms with Crippen LogP contribution in [0, 0.1) is 0 Å². The lowest BCUT2D eigenvalue weighted by atomic mass is 10.1. The van der Waals surface area contributed by atoms with Crippen molar-refractivity contribution < 1.29 is 9.53 Å². The number of ether oxygens (including phenoxy) is 1. The topological polar surface area (TPSA) is 64.3 Å². The molecule has 0 spiro atoms. The van der Waals surface area contributed by atoms with Crippen molar-refractivity contribution >= 4 is 18.3 Å². The summed E-state index contributed by atoms with van der Waals surface area (Å²) in [5.74, 6) is 0.816. The van der Waals surface area contributed by atoms with Crippen LogP contribution in [-0.4, -0.2) is 19.6 Å². The predicted molar refractivity (Wildman–Crippen MR) is 95.2 cm³/mol. The van der Waals surface area contributed by atoms with E-state index in [0.717, 1.165) is 24.2 Å². The third-order valence-corrected chi connectivity index (χ3v) is 3.54. The van der Waals surface area contributed by atoms with E-state index in [1.54, 1.807) is 19.2 Å². The number of hydrogen-bond acceptors (Lipinski definition) is 3. The lowest BCUT2D eigenvalue weighted by molar-refractivity contribution is 0.0953. The van der Waals surface area contributed by atoms with Crippen molar-refractivity contribution in [3.8, 4) is 5.75 Å². The zero-order valence-electron chi connectivity index (χ0n) is 13.2. The Morgan fingerprint density at radius 3 is 2.22 bits per heavy atom. The van der Waals surface area contributed by atoms with Gasteiger partial charge in [-0.1, -0.05) is 24.3 Å². The minimum Gasteiger partial charge on any atom is -0.497 e. The van der Waals surface area contributed by atoms with Crippen LogP contribution >= 0.6 is 12.4 Å². The lowest BCUT2D eigenvalue weighted by Crippen LogP contribution is -2.24. The molecule has 4 nitrogen and oxygen atoms in total. The number of nitrogens with two attached hydrogens (primary N) is 1. The first-order valence-electron chi connectivity index (χ1n) is 7.43. The normalized spacial score (nSPS) is 9.83. The van der Waals surface area contributed by atoms with E-state index < -0.39 is 0 Å². The van der Waals surface area contributed by atoms with E-state index in [-0.39, 0.29) is 18.3 Å². The highest BCUT2D eigenvalue weighted by atomic mass is 35.5. The molecule has 0 bridgehead atoms. The van der Waals surface area contributed by atoms with Gasteiger partial charge in [-0.15, -0.1) is 12.4 Å². The Kier molecular flexibility index (Phi) is 8.16. The van der Waals surface area contributed by atoms with E-state index in [1.807, 2.05) is 36.4 Å². The van der Waals surface area contributed by atoms with Crippen molar-refractivity contribution in [2.75, 3.05) is 13.7 Å². The van der Waals surface area contributed by atoms with Gasteiger partial charge in [-0.25, -0.2) is 0 Å². The third-order valence-electron chi connectivity index (χ3n) is 3.54. The Hall–Kier alpha value is -2.04. The van der Waals surface area contributed by atoms with Gasteiger partial charge in [0.1, 0.15) is 5.75 Å². The van der Waals surface area contributed by atoms with Crippen LogP contribution in [0.3, 0.4) is 0 Å². The van der Waals surface area contributed by atoms with Gasteiger partial charge in [0.05, 0.1) is 7.11 Å². The Bertz CT molecular complexity index is 597. The molecular weight excluding hydrogens is 312 g/mol. The summed E-state index contributed by atoms with van der Waals surface area (Å²) in [6, 6.07) is 15.4. The maximum absolute atomic E-state index is 12.0. The van der Waals surface area contributed by atoms with Crippen molar-refractivity contribution in [2.45, 2.75) is 19.4 Å². The van der Waals surface area contributed by atoms with Gasteiger partial charge in [-0.3, -0.25) is 4.79 Å². The molecule has 2 aromatic carbocycles. The van der Waals surface area contributed by atoms with Gasteiger partial charge in [0.2, 0.25) is 0 Å². The average molecular weight is 335 g/mol. The van der Waals surface area contributed by atoms with Crippen LogP contribution in [0.25, 0.3) is 0 Å². The van der Waals surface area contributed by atoms with Crippen LogP contribution in [0.4, 0.5) is 0 Å². The summed E-state index contributed by atoms with van der Waals surface area (Å²) < 4.78 is 5.13. The van der Waals surface area contributed by atoms with Gasteiger partial charge in [0.25, 0.3) is 5.91 Å². The molecule has 0 aliphatic heterocycles. The first-order chi connectivity index (χ1) is 10.7. The number of benzene rings is 2. The van der Waals surface area contributed by atoms with Crippen LogP contribution in [0.5, 0.6) is 5.75 Å². The lowest BCUT2D eigenvalue weighted by Gasteiger charge is -2.07. The molecular formula is C18H23ClN2O2. The van der Waals surface area contributed by atoms with Gasteiger partial charge >= 0.3 is 0 Å². The second-order valence-electron chi connectivity index (χ2n) is 5.11. The molecule has 0 saturated carbocycles. The quantitative estimate of drug-likeness (QED) is 0.765. The van der Waals surface area contributed by atoms with Crippen molar-refractivity contribution in [3.05, 3.63) is 65.2 Å². The molecule has 0 atom stereocenters. The number of halogens is 1. The highest BCUT2D eigenvalue weighted by Crippen LogP contribution is 2.12. The number of carbonyl (C=O) groups is 1. The van der Waals surface area contributed by atoms with E-state index >= 15 is 0 Å². The van der Waals surface area contributed by atoms with Crippen LogP contribution in [0.2, 0.25) is 0 Å². The molecule has 0 aromatic heterocycles. The van der Waals surface area contributed by atoms with Crippen molar-refractivity contribution in [2.24, 2.45) is 5.73 Å². The fourth-order valence-corrected chi connectivity index (χ4v) is 2.18. The summed E-state index contributed by atoms with van der Waals surface area (Å²) >= 11 is 0. The highest BCUT2D eigenvalue weighted by Gasteiger charge is 2.04. The maximum Gasteiger partial charge on any atom is 0.251 e. The number of rotatable bonds is 7. The third kappa shape index (κ3) is 5.93. The monoisotopic (exact) mass is 334 g/mol. The van der Waals surface area contributed by atoms with Gasteiger partial charge in [-0.2, -0.15) is 0 Å². The number of carbonyl (C=O) groups excluding carboxylic acids is 1.